The Morgan fingerprint density at radius 3 is 2.18 bits per heavy atom. The molecule has 146 valence electrons. The molecule has 2 N–H and O–H groups in total. The third kappa shape index (κ3) is 4.54. The van der Waals surface area contributed by atoms with Crippen molar-refractivity contribution in [1.82, 2.24) is 9.71 Å². The molecule has 0 spiro atoms. The van der Waals surface area contributed by atoms with Crippen LogP contribution in [0.3, 0.4) is 0 Å². The molecule has 0 unspecified atom stereocenters. The van der Waals surface area contributed by atoms with E-state index in [-0.39, 0.29) is 11.8 Å². The first kappa shape index (κ1) is 19.0. The van der Waals surface area contributed by atoms with Crippen LogP contribution in [-0.4, -0.2) is 19.4 Å². The third-order valence-electron chi connectivity index (χ3n) is 5.61. The lowest BCUT2D eigenvalue weighted by Gasteiger charge is -2.29. The molecule has 1 aliphatic rings. The number of sulfonamides is 1. The summed E-state index contributed by atoms with van der Waals surface area (Å²) in [7, 11) is -3.39. The largest absolute Gasteiger partial charge is 0.367 e. The molecule has 0 amide bonds. The van der Waals surface area contributed by atoms with Crippen LogP contribution in [0.4, 0.5) is 0 Å². The van der Waals surface area contributed by atoms with Gasteiger partial charge in [-0.15, -0.1) is 0 Å². The smallest absolute Gasteiger partial charge is 0.216 e. The molecule has 3 aromatic rings. The van der Waals surface area contributed by atoms with E-state index in [9.17, 15) is 8.42 Å². The quantitative estimate of drug-likeness (QED) is 0.629. The first-order valence-corrected chi connectivity index (χ1v) is 11.5. The zero-order valence-corrected chi connectivity index (χ0v) is 16.7. The van der Waals surface area contributed by atoms with Crippen LogP contribution in [0.15, 0.2) is 73.1 Å². The van der Waals surface area contributed by atoms with Crippen LogP contribution < -0.4 is 4.72 Å². The van der Waals surface area contributed by atoms with Crippen LogP contribution in [0.25, 0.3) is 11.1 Å². The van der Waals surface area contributed by atoms with Crippen molar-refractivity contribution in [3.8, 4) is 11.1 Å². The Kier molecular flexibility index (Phi) is 5.64. The number of aromatic nitrogens is 1. The first-order valence-electron chi connectivity index (χ1n) is 9.87. The summed E-state index contributed by atoms with van der Waals surface area (Å²) in [5, 5.41) is 0. The van der Waals surface area contributed by atoms with Gasteiger partial charge in [0.1, 0.15) is 0 Å². The lowest BCUT2D eigenvalue weighted by Crippen LogP contribution is -2.38. The predicted octanol–water partition coefficient (Wildman–Crippen LogP) is 4.83. The Bertz CT molecular complexity index is 989. The van der Waals surface area contributed by atoms with Crippen LogP contribution in [0.2, 0.25) is 0 Å². The molecule has 1 aliphatic carbocycles. The number of H-pyrrole nitrogens is 1. The average molecular weight is 395 g/mol. The van der Waals surface area contributed by atoms with Crippen molar-refractivity contribution in [2.24, 2.45) is 0 Å². The third-order valence-corrected chi connectivity index (χ3v) is 6.99. The summed E-state index contributed by atoms with van der Waals surface area (Å²) in [5.41, 5.74) is 4.14. The van der Waals surface area contributed by atoms with Gasteiger partial charge >= 0.3 is 0 Å². The average Bonchev–Trinajstić information content (AvgIpc) is 3.17. The number of rotatable bonds is 6. The number of hydrogen-bond donors (Lipinski definition) is 2. The summed E-state index contributed by atoms with van der Waals surface area (Å²) < 4.78 is 28.5. The molecule has 5 heteroatoms. The van der Waals surface area contributed by atoms with Gasteiger partial charge in [-0.3, -0.25) is 0 Å². The highest BCUT2D eigenvalue weighted by molar-refractivity contribution is 7.88. The molecular weight excluding hydrogens is 368 g/mol. The minimum Gasteiger partial charge on any atom is -0.367 e. The predicted molar refractivity (Wildman–Crippen MR) is 113 cm³/mol. The topological polar surface area (TPSA) is 62.0 Å². The van der Waals surface area contributed by atoms with Gasteiger partial charge in [-0.25, -0.2) is 13.1 Å². The van der Waals surface area contributed by atoms with Crippen LogP contribution in [0.5, 0.6) is 0 Å². The van der Waals surface area contributed by atoms with Crippen LogP contribution >= 0.6 is 0 Å². The fraction of sp³-hybridized carbons (Fsp3) is 0.304. The zero-order valence-electron chi connectivity index (χ0n) is 15.8. The highest BCUT2D eigenvalue weighted by Crippen LogP contribution is 2.33. The van der Waals surface area contributed by atoms with Crippen LogP contribution in [-0.2, 0) is 15.8 Å². The van der Waals surface area contributed by atoms with E-state index in [1.807, 2.05) is 42.6 Å². The minimum absolute atomic E-state index is 0.000653. The molecule has 1 saturated carbocycles. The maximum absolute atomic E-state index is 12.8. The van der Waals surface area contributed by atoms with E-state index >= 15 is 0 Å². The maximum atomic E-state index is 12.8. The standard InChI is InChI=1S/C23H26N2O2S/c26-28(27,17-21-15-24-16-23(21)20-9-5-2-6-10-20)25-22-13-11-19(12-14-22)18-7-3-1-4-8-18/h1-10,15-16,19,22,24-25H,11-14,17H2. The van der Waals surface area contributed by atoms with Crippen LogP contribution in [0, 0.1) is 0 Å². The van der Waals surface area contributed by atoms with Gasteiger partial charge in [-0.05, 0) is 48.3 Å². The highest BCUT2D eigenvalue weighted by atomic mass is 32.2. The van der Waals surface area contributed by atoms with E-state index in [0.717, 1.165) is 42.4 Å². The molecule has 28 heavy (non-hydrogen) atoms. The highest BCUT2D eigenvalue weighted by Gasteiger charge is 2.26. The van der Waals surface area contributed by atoms with E-state index in [2.05, 4.69) is 34.0 Å². The Morgan fingerprint density at radius 1 is 0.857 bits per heavy atom. The molecule has 1 aromatic heterocycles. The Morgan fingerprint density at radius 2 is 1.50 bits per heavy atom. The maximum Gasteiger partial charge on any atom is 0.216 e. The molecule has 1 heterocycles. The molecule has 0 atom stereocenters. The van der Waals surface area contributed by atoms with Crippen molar-refractivity contribution in [3.05, 3.63) is 84.2 Å². The van der Waals surface area contributed by atoms with Gasteiger partial charge in [0.15, 0.2) is 0 Å². The van der Waals surface area contributed by atoms with Crippen molar-refractivity contribution in [2.75, 3.05) is 0 Å². The second-order valence-electron chi connectivity index (χ2n) is 7.60. The van der Waals surface area contributed by atoms with Crippen molar-refractivity contribution in [2.45, 2.75) is 43.4 Å². The summed E-state index contributed by atoms with van der Waals surface area (Å²) in [5.74, 6) is 0.538. The number of hydrogen-bond acceptors (Lipinski definition) is 2. The second-order valence-corrected chi connectivity index (χ2v) is 9.35. The summed E-state index contributed by atoms with van der Waals surface area (Å²) in [6.07, 6.45) is 7.47. The molecule has 0 aliphatic heterocycles. The molecular formula is C23H26N2O2S. The normalized spacial score (nSPS) is 20.1. The van der Waals surface area contributed by atoms with Crippen molar-refractivity contribution >= 4 is 10.0 Å². The van der Waals surface area contributed by atoms with E-state index in [4.69, 9.17) is 0 Å². The molecule has 0 bridgehead atoms. The number of aromatic amines is 1. The summed E-state index contributed by atoms with van der Waals surface area (Å²) in [6, 6.07) is 20.4. The van der Waals surface area contributed by atoms with Gasteiger partial charge in [-0.2, -0.15) is 0 Å². The number of nitrogens with one attached hydrogen (secondary N) is 2. The van der Waals surface area contributed by atoms with Crippen molar-refractivity contribution < 1.29 is 8.42 Å². The Hall–Kier alpha value is -2.37. The van der Waals surface area contributed by atoms with E-state index in [0.29, 0.717) is 5.92 Å². The monoisotopic (exact) mass is 394 g/mol. The Balaban J connectivity index is 1.38. The van der Waals surface area contributed by atoms with E-state index in [1.165, 1.54) is 5.56 Å². The molecule has 0 radical (unpaired) electrons. The fourth-order valence-electron chi connectivity index (χ4n) is 4.17. The molecule has 4 nitrogen and oxygen atoms in total. The van der Waals surface area contributed by atoms with E-state index in [1.54, 1.807) is 6.20 Å². The number of benzene rings is 2. The van der Waals surface area contributed by atoms with Crippen molar-refractivity contribution in [1.29, 1.82) is 0 Å². The van der Waals surface area contributed by atoms with Gasteiger partial charge < -0.3 is 4.98 Å². The Labute approximate surface area is 167 Å². The minimum atomic E-state index is -3.39. The van der Waals surface area contributed by atoms with Gasteiger partial charge in [0, 0.05) is 24.0 Å². The SMILES string of the molecule is O=S(=O)(Cc1c[nH]cc1-c1ccccc1)NC1CCC(c2ccccc2)CC1. The van der Waals surface area contributed by atoms with Crippen molar-refractivity contribution in [3.63, 3.8) is 0 Å². The zero-order chi connectivity index (χ0) is 19.4. The summed E-state index contributed by atoms with van der Waals surface area (Å²) >= 11 is 0. The summed E-state index contributed by atoms with van der Waals surface area (Å²) in [4.78, 5) is 3.05. The molecule has 2 aromatic carbocycles. The second kappa shape index (κ2) is 8.33. The summed E-state index contributed by atoms with van der Waals surface area (Å²) in [6.45, 7) is 0. The van der Waals surface area contributed by atoms with E-state index < -0.39 is 10.0 Å². The van der Waals surface area contributed by atoms with Crippen LogP contribution in [0.1, 0.15) is 42.7 Å². The van der Waals surface area contributed by atoms with Gasteiger partial charge in [0.25, 0.3) is 0 Å². The first-order chi connectivity index (χ1) is 13.6. The van der Waals surface area contributed by atoms with Gasteiger partial charge in [-0.1, -0.05) is 60.7 Å². The molecule has 0 saturated heterocycles. The van der Waals surface area contributed by atoms with Gasteiger partial charge in [0.05, 0.1) is 5.75 Å². The fourth-order valence-corrected chi connectivity index (χ4v) is 5.65. The molecule has 1 fully saturated rings. The lowest BCUT2D eigenvalue weighted by molar-refractivity contribution is 0.374. The molecule has 4 rings (SSSR count). The lowest BCUT2D eigenvalue weighted by atomic mass is 9.82. The van der Waals surface area contributed by atoms with Gasteiger partial charge in [0.2, 0.25) is 10.0 Å².